The summed E-state index contributed by atoms with van der Waals surface area (Å²) in [5.74, 6) is -0.805. The van der Waals surface area contributed by atoms with Crippen molar-refractivity contribution in [2.75, 3.05) is 19.8 Å². The van der Waals surface area contributed by atoms with Crippen LogP contribution in [0, 0.1) is 0 Å². The summed E-state index contributed by atoms with van der Waals surface area (Å²) in [5, 5.41) is 0. The molecule has 1 rings (SSSR count). The van der Waals surface area contributed by atoms with Crippen molar-refractivity contribution in [2.24, 2.45) is 0 Å². The number of rotatable bonds is 3. The average Bonchev–Trinajstić information content (AvgIpc) is 2.16. The van der Waals surface area contributed by atoms with E-state index in [1.807, 2.05) is 0 Å². The van der Waals surface area contributed by atoms with Gasteiger partial charge in [-0.3, -0.25) is 9.59 Å². The zero-order valence-electron chi connectivity index (χ0n) is 9.95. The molecular weight excluding hydrogens is 212 g/mol. The Morgan fingerprint density at radius 2 is 2.00 bits per heavy atom. The van der Waals surface area contributed by atoms with Gasteiger partial charge in [-0.25, -0.2) is 0 Å². The van der Waals surface area contributed by atoms with E-state index in [2.05, 4.69) is 0 Å². The monoisotopic (exact) mass is 230 g/mol. The molecule has 16 heavy (non-hydrogen) atoms. The van der Waals surface area contributed by atoms with Gasteiger partial charge in [0.2, 0.25) is 0 Å². The average molecular weight is 230 g/mol. The van der Waals surface area contributed by atoms with Gasteiger partial charge in [-0.2, -0.15) is 0 Å². The van der Waals surface area contributed by atoms with Crippen molar-refractivity contribution in [1.82, 2.24) is 0 Å². The minimum absolute atomic E-state index is 0.224. The van der Waals surface area contributed by atoms with Gasteiger partial charge < -0.3 is 14.2 Å². The highest BCUT2D eigenvalue weighted by atomic mass is 16.6. The molecule has 1 aliphatic rings. The van der Waals surface area contributed by atoms with E-state index in [4.69, 9.17) is 14.2 Å². The van der Waals surface area contributed by atoms with Crippen LogP contribution in [-0.2, 0) is 23.8 Å². The lowest BCUT2D eigenvalue weighted by molar-refractivity contribution is -0.161. The maximum Gasteiger partial charge on any atom is 0.313 e. The van der Waals surface area contributed by atoms with E-state index < -0.39 is 17.7 Å². The third kappa shape index (κ3) is 4.72. The van der Waals surface area contributed by atoms with Crippen LogP contribution in [0.1, 0.15) is 27.2 Å². The molecule has 0 spiro atoms. The Hall–Kier alpha value is -0.940. The number of ether oxygens (including phenoxy) is 3. The van der Waals surface area contributed by atoms with E-state index in [1.54, 1.807) is 20.8 Å². The van der Waals surface area contributed by atoms with Crippen molar-refractivity contribution in [3.05, 3.63) is 0 Å². The highest BCUT2D eigenvalue weighted by molar-refractivity contribution is 5.98. The van der Waals surface area contributed by atoms with Gasteiger partial charge in [-0.05, 0) is 20.8 Å². The second-order valence-corrected chi connectivity index (χ2v) is 4.66. The van der Waals surface area contributed by atoms with Gasteiger partial charge in [-0.1, -0.05) is 0 Å². The van der Waals surface area contributed by atoms with Crippen LogP contribution in [0.5, 0.6) is 0 Å². The lowest BCUT2D eigenvalue weighted by Gasteiger charge is -2.23. The van der Waals surface area contributed by atoms with Crippen LogP contribution in [0.3, 0.4) is 0 Å². The first-order valence-corrected chi connectivity index (χ1v) is 5.32. The summed E-state index contributed by atoms with van der Waals surface area (Å²) < 4.78 is 15.3. The molecule has 0 saturated carbocycles. The van der Waals surface area contributed by atoms with Crippen molar-refractivity contribution < 1.29 is 23.8 Å². The first kappa shape index (κ1) is 13.1. The molecule has 0 aromatic heterocycles. The third-order valence-corrected chi connectivity index (χ3v) is 1.91. The fraction of sp³-hybridized carbons (Fsp3) is 0.818. The van der Waals surface area contributed by atoms with Crippen molar-refractivity contribution in [2.45, 2.75) is 38.9 Å². The van der Waals surface area contributed by atoms with Gasteiger partial charge in [0.25, 0.3) is 0 Å². The van der Waals surface area contributed by atoms with Crippen LogP contribution in [0.25, 0.3) is 0 Å². The predicted octanol–water partition coefficient (Wildman–Crippen LogP) is 0.703. The Labute approximate surface area is 95.0 Å². The minimum Gasteiger partial charge on any atom is -0.460 e. The quantitative estimate of drug-likeness (QED) is 0.527. The molecule has 1 fully saturated rings. The van der Waals surface area contributed by atoms with Gasteiger partial charge in [0.1, 0.15) is 18.1 Å². The molecule has 1 saturated heterocycles. The van der Waals surface area contributed by atoms with Crippen LogP contribution in [0.4, 0.5) is 0 Å². The number of ketones is 1. The lowest BCUT2D eigenvalue weighted by Crippen LogP contribution is -2.37. The van der Waals surface area contributed by atoms with Crippen LogP contribution >= 0.6 is 0 Å². The van der Waals surface area contributed by atoms with Crippen LogP contribution in [0.2, 0.25) is 0 Å². The Kier molecular flexibility index (Phi) is 4.44. The fourth-order valence-corrected chi connectivity index (χ4v) is 1.31. The molecule has 0 aliphatic carbocycles. The highest BCUT2D eigenvalue weighted by Gasteiger charge is 2.26. The topological polar surface area (TPSA) is 61.8 Å². The highest BCUT2D eigenvalue weighted by Crippen LogP contribution is 2.10. The zero-order valence-corrected chi connectivity index (χ0v) is 9.95. The lowest BCUT2D eigenvalue weighted by atomic mass is 10.1. The summed E-state index contributed by atoms with van der Waals surface area (Å²) in [6, 6.07) is 0. The van der Waals surface area contributed by atoms with E-state index in [9.17, 15) is 9.59 Å². The third-order valence-electron chi connectivity index (χ3n) is 1.91. The molecule has 0 aromatic carbocycles. The molecule has 92 valence electrons. The molecule has 5 nitrogen and oxygen atoms in total. The minimum atomic E-state index is -0.624. The molecule has 0 bridgehead atoms. The molecule has 0 unspecified atom stereocenters. The van der Waals surface area contributed by atoms with Crippen LogP contribution in [-0.4, -0.2) is 43.3 Å². The van der Waals surface area contributed by atoms with E-state index in [0.717, 1.165) is 0 Å². The Bertz CT molecular complexity index is 260. The van der Waals surface area contributed by atoms with Crippen molar-refractivity contribution in [3.8, 4) is 0 Å². The summed E-state index contributed by atoms with van der Waals surface area (Å²) in [6.07, 6.45) is -0.882. The van der Waals surface area contributed by atoms with Gasteiger partial charge in [0.05, 0.1) is 19.8 Å². The number of hydrogen-bond acceptors (Lipinski definition) is 5. The van der Waals surface area contributed by atoms with Gasteiger partial charge in [-0.15, -0.1) is 0 Å². The van der Waals surface area contributed by atoms with E-state index in [-0.39, 0.29) is 18.8 Å². The standard InChI is InChI=1S/C11H18O5/c1-11(2,3)16-10(13)6-8(12)9-7-14-4-5-15-9/h9H,4-7H2,1-3H3/t9-/m1/s1. The Balaban J connectivity index is 2.35. The fourth-order valence-electron chi connectivity index (χ4n) is 1.31. The number of carbonyl (C=O) groups is 2. The predicted molar refractivity (Wildman–Crippen MR) is 56.0 cm³/mol. The summed E-state index contributed by atoms with van der Waals surface area (Å²) >= 11 is 0. The molecule has 1 atom stereocenters. The number of carbonyl (C=O) groups excluding carboxylic acids is 2. The molecule has 1 heterocycles. The molecule has 0 radical (unpaired) electrons. The number of hydrogen-bond donors (Lipinski definition) is 0. The van der Waals surface area contributed by atoms with E-state index >= 15 is 0 Å². The number of esters is 1. The normalized spacial score (nSPS) is 21.6. The maximum absolute atomic E-state index is 11.6. The largest absolute Gasteiger partial charge is 0.460 e. The van der Waals surface area contributed by atoms with Gasteiger partial charge in [0.15, 0.2) is 5.78 Å². The zero-order chi connectivity index (χ0) is 12.2. The Morgan fingerprint density at radius 1 is 1.31 bits per heavy atom. The summed E-state index contributed by atoms with van der Waals surface area (Å²) in [5.41, 5.74) is -0.568. The van der Waals surface area contributed by atoms with Crippen molar-refractivity contribution in [3.63, 3.8) is 0 Å². The number of Topliss-reactive ketones (excluding diaryl/α,β-unsaturated/α-hetero) is 1. The molecule has 1 aliphatic heterocycles. The van der Waals surface area contributed by atoms with E-state index in [0.29, 0.717) is 13.2 Å². The van der Waals surface area contributed by atoms with E-state index in [1.165, 1.54) is 0 Å². The molecule has 5 heteroatoms. The second kappa shape index (κ2) is 5.41. The maximum atomic E-state index is 11.6. The van der Waals surface area contributed by atoms with Crippen molar-refractivity contribution in [1.29, 1.82) is 0 Å². The van der Waals surface area contributed by atoms with Gasteiger partial charge in [0, 0.05) is 0 Å². The summed E-state index contributed by atoms with van der Waals surface area (Å²) in [6.45, 7) is 6.39. The molecule has 0 N–H and O–H groups in total. The van der Waals surface area contributed by atoms with Crippen LogP contribution in [0.15, 0.2) is 0 Å². The summed E-state index contributed by atoms with van der Waals surface area (Å²) in [4.78, 5) is 23.0. The molecule has 0 amide bonds. The Morgan fingerprint density at radius 3 is 2.50 bits per heavy atom. The van der Waals surface area contributed by atoms with Gasteiger partial charge >= 0.3 is 5.97 Å². The summed E-state index contributed by atoms with van der Waals surface area (Å²) in [7, 11) is 0. The first-order valence-electron chi connectivity index (χ1n) is 5.32. The SMILES string of the molecule is CC(C)(C)OC(=O)CC(=O)[C@H]1COCCO1. The van der Waals surface area contributed by atoms with Crippen molar-refractivity contribution >= 4 is 11.8 Å². The van der Waals surface area contributed by atoms with Crippen LogP contribution < -0.4 is 0 Å². The molecule has 0 aromatic rings. The molecular formula is C11H18O5. The first-order chi connectivity index (χ1) is 7.38. The smallest absolute Gasteiger partial charge is 0.313 e. The second-order valence-electron chi connectivity index (χ2n) is 4.66.